The number of allylic oxidation sites excluding steroid dienone is 1. The second-order valence-electron chi connectivity index (χ2n) is 1.81. The lowest BCUT2D eigenvalue weighted by Crippen LogP contribution is -2.30. The average molecular weight is 139 g/mol. The molecule has 0 rings (SSSR count). The number of hydrogen-bond acceptors (Lipinski definition) is 1. The minimum atomic E-state index is -3.04. The Bertz CT molecular complexity index is 114. The molecule has 0 aliphatic heterocycles. The number of hydrogen-bond donors (Lipinski definition) is 1. The second kappa shape index (κ2) is 2.75. The Morgan fingerprint density at radius 3 is 2.11 bits per heavy atom. The van der Waals surface area contributed by atoms with Crippen molar-refractivity contribution in [2.24, 2.45) is 0 Å². The van der Waals surface area contributed by atoms with E-state index in [0.29, 0.717) is 6.92 Å². The summed E-state index contributed by atoms with van der Waals surface area (Å²) in [5.74, 6) is 0. The van der Waals surface area contributed by atoms with Crippen molar-refractivity contribution in [1.29, 1.82) is 0 Å². The predicted molar refractivity (Wildman–Crippen MR) is 28.6 cm³/mol. The minimum absolute atomic E-state index is 0.0947. The SMILES string of the molecule is CC(=CF)NC(C)(F)F. The van der Waals surface area contributed by atoms with Crippen LogP contribution >= 0.6 is 0 Å². The molecule has 0 radical (unpaired) electrons. The van der Waals surface area contributed by atoms with E-state index in [-0.39, 0.29) is 12.0 Å². The Balaban J connectivity index is 3.75. The van der Waals surface area contributed by atoms with Crippen LogP contribution in [0.3, 0.4) is 0 Å². The van der Waals surface area contributed by atoms with Gasteiger partial charge in [0.25, 0.3) is 0 Å². The zero-order chi connectivity index (χ0) is 7.49. The maximum atomic E-state index is 11.8. The molecule has 1 N–H and O–H groups in total. The van der Waals surface area contributed by atoms with Crippen molar-refractivity contribution in [1.82, 2.24) is 5.32 Å². The van der Waals surface area contributed by atoms with Crippen LogP contribution < -0.4 is 5.32 Å². The molecule has 0 fully saturated rings. The molecule has 0 aromatic carbocycles. The molecule has 54 valence electrons. The molecule has 0 aliphatic carbocycles. The molecule has 4 heteroatoms. The van der Waals surface area contributed by atoms with Crippen LogP contribution in [0.5, 0.6) is 0 Å². The van der Waals surface area contributed by atoms with E-state index in [2.05, 4.69) is 0 Å². The normalized spacial score (nSPS) is 13.7. The molecule has 0 saturated heterocycles. The summed E-state index contributed by atoms with van der Waals surface area (Å²) in [6.45, 7) is 1.87. The third kappa shape index (κ3) is 5.20. The highest BCUT2D eigenvalue weighted by atomic mass is 19.3. The summed E-state index contributed by atoms with van der Waals surface area (Å²) in [7, 11) is 0. The maximum absolute atomic E-state index is 11.8. The van der Waals surface area contributed by atoms with Crippen molar-refractivity contribution in [3.8, 4) is 0 Å². The van der Waals surface area contributed by atoms with E-state index in [1.54, 1.807) is 5.32 Å². The molecule has 0 aromatic rings. The van der Waals surface area contributed by atoms with Gasteiger partial charge in [-0.2, -0.15) is 8.78 Å². The van der Waals surface area contributed by atoms with Gasteiger partial charge in [-0.3, -0.25) is 0 Å². The standard InChI is InChI=1S/C5H8F3N/c1-4(3-6)9-5(2,7)8/h3,9H,1-2H3. The molecule has 0 saturated carbocycles. The van der Waals surface area contributed by atoms with Gasteiger partial charge in [0, 0.05) is 12.6 Å². The molecule has 0 heterocycles. The number of rotatable bonds is 2. The molecule has 0 unspecified atom stereocenters. The Labute approximate surface area is 51.6 Å². The second-order valence-corrected chi connectivity index (χ2v) is 1.81. The van der Waals surface area contributed by atoms with Gasteiger partial charge >= 0.3 is 6.05 Å². The van der Waals surface area contributed by atoms with Crippen molar-refractivity contribution in [2.45, 2.75) is 19.9 Å². The van der Waals surface area contributed by atoms with Gasteiger partial charge in [0.1, 0.15) is 6.33 Å². The van der Waals surface area contributed by atoms with Crippen molar-refractivity contribution in [2.75, 3.05) is 0 Å². The highest BCUT2D eigenvalue weighted by Gasteiger charge is 2.19. The lowest BCUT2D eigenvalue weighted by molar-refractivity contribution is -0.00465. The summed E-state index contributed by atoms with van der Waals surface area (Å²) in [4.78, 5) is 0. The number of halogens is 3. The van der Waals surface area contributed by atoms with E-state index in [1.807, 2.05) is 0 Å². The van der Waals surface area contributed by atoms with Crippen LogP contribution in [0.1, 0.15) is 13.8 Å². The Morgan fingerprint density at radius 1 is 1.56 bits per heavy atom. The van der Waals surface area contributed by atoms with Gasteiger partial charge in [-0.1, -0.05) is 0 Å². The first-order chi connectivity index (χ1) is 3.95. The lowest BCUT2D eigenvalue weighted by Gasteiger charge is -2.12. The topological polar surface area (TPSA) is 12.0 Å². The predicted octanol–water partition coefficient (Wildman–Crippen LogP) is 2.02. The third-order valence-corrected chi connectivity index (χ3v) is 0.580. The Morgan fingerprint density at radius 2 is 2.00 bits per heavy atom. The van der Waals surface area contributed by atoms with Gasteiger partial charge in [-0.25, -0.2) is 4.39 Å². The first-order valence-electron chi connectivity index (χ1n) is 2.38. The maximum Gasteiger partial charge on any atom is 0.320 e. The summed E-state index contributed by atoms with van der Waals surface area (Å²) < 4.78 is 35.0. The van der Waals surface area contributed by atoms with Crippen LogP contribution in [-0.4, -0.2) is 6.05 Å². The average Bonchev–Trinajstić information content (AvgIpc) is 1.62. The van der Waals surface area contributed by atoms with E-state index in [1.165, 1.54) is 6.92 Å². The summed E-state index contributed by atoms with van der Waals surface area (Å²) in [5.41, 5.74) is -0.178. The molecule has 0 aliphatic rings. The molecule has 1 nitrogen and oxygen atoms in total. The fraction of sp³-hybridized carbons (Fsp3) is 0.600. The fourth-order valence-electron chi connectivity index (χ4n) is 0.373. The summed E-state index contributed by atoms with van der Waals surface area (Å²) in [6, 6.07) is -3.04. The van der Waals surface area contributed by atoms with Gasteiger partial charge in [-0.05, 0) is 6.92 Å². The van der Waals surface area contributed by atoms with Crippen LogP contribution in [0.4, 0.5) is 13.2 Å². The van der Waals surface area contributed by atoms with Gasteiger partial charge in [0.05, 0.1) is 0 Å². The lowest BCUT2D eigenvalue weighted by atomic mass is 10.5. The molecule has 0 bridgehead atoms. The van der Waals surface area contributed by atoms with Gasteiger partial charge in [-0.15, -0.1) is 0 Å². The van der Waals surface area contributed by atoms with E-state index >= 15 is 0 Å². The molecule has 0 amide bonds. The van der Waals surface area contributed by atoms with Crippen LogP contribution in [-0.2, 0) is 0 Å². The monoisotopic (exact) mass is 139 g/mol. The largest absolute Gasteiger partial charge is 0.329 e. The highest BCUT2D eigenvalue weighted by Crippen LogP contribution is 2.08. The number of alkyl halides is 2. The first kappa shape index (κ1) is 8.33. The van der Waals surface area contributed by atoms with Crippen molar-refractivity contribution in [3.63, 3.8) is 0 Å². The van der Waals surface area contributed by atoms with Crippen molar-refractivity contribution >= 4 is 0 Å². The van der Waals surface area contributed by atoms with Gasteiger partial charge in [0.2, 0.25) is 0 Å². The van der Waals surface area contributed by atoms with Crippen molar-refractivity contribution < 1.29 is 13.2 Å². The third-order valence-electron chi connectivity index (χ3n) is 0.580. The molecular weight excluding hydrogens is 131 g/mol. The van der Waals surface area contributed by atoms with Gasteiger partial charge in [0.15, 0.2) is 0 Å². The molecule has 9 heavy (non-hydrogen) atoms. The summed E-state index contributed by atoms with van der Waals surface area (Å²) in [6.07, 6.45) is 0.0947. The minimum Gasteiger partial charge on any atom is -0.329 e. The van der Waals surface area contributed by atoms with E-state index in [0.717, 1.165) is 0 Å². The first-order valence-corrected chi connectivity index (χ1v) is 2.38. The number of nitrogens with one attached hydrogen (secondary N) is 1. The van der Waals surface area contributed by atoms with E-state index < -0.39 is 6.05 Å². The summed E-state index contributed by atoms with van der Waals surface area (Å²) in [5, 5.41) is 1.62. The summed E-state index contributed by atoms with van der Waals surface area (Å²) >= 11 is 0. The van der Waals surface area contributed by atoms with Gasteiger partial charge < -0.3 is 5.32 Å². The highest BCUT2D eigenvalue weighted by molar-refractivity contribution is 4.90. The molecule has 0 atom stereocenters. The molecular formula is C5H8F3N. The van der Waals surface area contributed by atoms with E-state index in [9.17, 15) is 13.2 Å². The molecule has 0 spiro atoms. The Hall–Kier alpha value is -0.670. The zero-order valence-electron chi connectivity index (χ0n) is 5.21. The Kier molecular flexibility index (Phi) is 2.55. The van der Waals surface area contributed by atoms with Crippen molar-refractivity contribution in [3.05, 3.63) is 12.0 Å². The van der Waals surface area contributed by atoms with E-state index in [4.69, 9.17) is 0 Å². The van der Waals surface area contributed by atoms with Crippen LogP contribution in [0, 0.1) is 0 Å². The molecule has 0 aromatic heterocycles. The zero-order valence-corrected chi connectivity index (χ0v) is 5.21. The van der Waals surface area contributed by atoms with Crippen LogP contribution in [0.2, 0.25) is 0 Å². The smallest absolute Gasteiger partial charge is 0.320 e. The fourth-order valence-corrected chi connectivity index (χ4v) is 0.373. The van der Waals surface area contributed by atoms with Crippen LogP contribution in [0.15, 0.2) is 12.0 Å². The quantitative estimate of drug-likeness (QED) is 0.577. The van der Waals surface area contributed by atoms with Crippen LogP contribution in [0.25, 0.3) is 0 Å².